The van der Waals surface area contributed by atoms with Gasteiger partial charge in [-0.25, -0.2) is 0 Å². The lowest BCUT2D eigenvalue weighted by Gasteiger charge is -2.14. The van der Waals surface area contributed by atoms with Gasteiger partial charge in [-0.15, -0.1) is 0 Å². The Labute approximate surface area is 126 Å². The van der Waals surface area contributed by atoms with Crippen molar-refractivity contribution in [1.29, 1.82) is 5.26 Å². The molecule has 1 unspecified atom stereocenters. The van der Waals surface area contributed by atoms with Crippen LogP contribution in [0.3, 0.4) is 0 Å². The third-order valence-electron chi connectivity index (χ3n) is 3.33. The highest BCUT2D eigenvalue weighted by molar-refractivity contribution is 5.34. The van der Waals surface area contributed by atoms with Crippen molar-refractivity contribution in [3.63, 3.8) is 0 Å². The standard InChI is InChI=1S/C18H20N2O/c1-3-20-14(2)17-8-5-9-18(11-17)21-13-16-7-4-6-15(10-16)12-19/h4-11,14,20H,3,13H2,1-2H3. The number of nitrogens with one attached hydrogen (secondary N) is 1. The summed E-state index contributed by atoms with van der Waals surface area (Å²) in [5.41, 5.74) is 2.87. The van der Waals surface area contributed by atoms with E-state index in [1.165, 1.54) is 5.56 Å². The zero-order valence-electron chi connectivity index (χ0n) is 12.5. The summed E-state index contributed by atoms with van der Waals surface area (Å²) < 4.78 is 5.82. The monoisotopic (exact) mass is 280 g/mol. The van der Waals surface area contributed by atoms with Crippen molar-refractivity contribution in [3.05, 3.63) is 65.2 Å². The Morgan fingerprint density at radius 2 is 2.00 bits per heavy atom. The van der Waals surface area contributed by atoms with Gasteiger partial charge in [-0.2, -0.15) is 5.26 Å². The normalized spacial score (nSPS) is 11.7. The first-order valence-corrected chi connectivity index (χ1v) is 7.18. The summed E-state index contributed by atoms with van der Waals surface area (Å²) in [5.74, 6) is 0.847. The van der Waals surface area contributed by atoms with E-state index < -0.39 is 0 Å². The minimum Gasteiger partial charge on any atom is -0.489 e. The number of benzene rings is 2. The van der Waals surface area contributed by atoms with Crippen LogP contribution in [0.1, 0.15) is 36.6 Å². The molecule has 1 atom stereocenters. The molecule has 0 aromatic heterocycles. The molecule has 0 radical (unpaired) electrons. The van der Waals surface area contributed by atoms with Crippen LogP contribution in [0.2, 0.25) is 0 Å². The Hall–Kier alpha value is -2.31. The predicted molar refractivity (Wildman–Crippen MR) is 84.0 cm³/mol. The Morgan fingerprint density at radius 3 is 2.76 bits per heavy atom. The molecule has 0 heterocycles. The van der Waals surface area contributed by atoms with Crippen LogP contribution in [0.4, 0.5) is 0 Å². The molecule has 0 fully saturated rings. The highest BCUT2D eigenvalue weighted by Crippen LogP contribution is 2.20. The van der Waals surface area contributed by atoms with Gasteiger partial charge in [0.15, 0.2) is 0 Å². The summed E-state index contributed by atoms with van der Waals surface area (Å²) in [7, 11) is 0. The molecule has 0 saturated carbocycles. The van der Waals surface area contributed by atoms with Gasteiger partial charge in [0.25, 0.3) is 0 Å². The molecule has 3 heteroatoms. The van der Waals surface area contributed by atoms with E-state index in [1.54, 1.807) is 6.07 Å². The van der Waals surface area contributed by atoms with Crippen LogP contribution in [-0.4, -0.2) is 6.54 Å². The van der Waals surface area contributed by atoms with Crippen molar-refractivity contribution in [2.24, 2.45) is 0 Å². The molecular formula is C18H20N2O. The highest BCUT2D eigenvalue weighted by atomic mass is 16.5. The Kier molecular flexibility index (Phi) is 5.36. The van der Waals surface area contributed by atoms with Crippen LogP contribution >= 0.6 is 0 Å². The third kappa shape index (κ3) is 4.34. The maximum Gasteiger partial charge on any atom is 0.120 e. The predicted octanol–water partition coefficient (Wildman–Crippen LogP) is 3.81. The first-order valence-electron chi connectivity index (χ1n) is 7.18. The van der Waals surface area contributed by atoms with Crippen LogP contribution in [0.25, 0.3) is 0 Å². The van der Waals surface area contributed by atoms with E-state index in [1.807, 2.05) is 30.3 Å². The van der Waals surface area contributed by atoms with E-state index in [2.05, 4.69) is 37.4 Å². The molecular weight excluding hydrogens is 260 g/mol. The number of nitrogens with zero attached hydrogens (tertiary/aromatic N) is 1. The van der Waals surface area contributed by atoms with E-state index in [0.717, 1.165) is 17.9 Å². The molecule has 0 amide bonds. The molecule has 0 aliphatic rings. The van der Waals surface area contributed by atoms with E-state index >= 15 is 0 Å². The van der Waals surface area contributed by atoms with E-state index in [9.17, 15) is 0 Å². The number of hydrogen-bond donors (Lipinski definition) is 1. The molecule has 0 aliphatic carbocycles. The summed E-state index contributed by atoms with van der Waals surface area (Å²) >= 11 is 0. The average Bonchev–Trinajstić information content (AvgIpc) is 2.53. The summed E-state index contributed by atoms with van der Waals surface area (Å²) in [6, 6.07) is 18.0. The van der Waals surface area contributed by atoms with E-state index in [-0.39, 0.29) is 0 Å². The molecule has 108 valence electrons. The first-order chi connectivity index (χ1) is 10.2. The van der Waals surface area contributed by atoms with Gasteiger partial charge in [-0.05, 0) is 48.9 Å². The zero-order valence-corrected chi connectivity index (χ0v) is 12.5. The van der Waals surface area contributed by atoms with Crippen molar-refractivity contribution in [2.75, 3.05) is 6.54 Å². The molecule has 0 bridgehead atoms. The zero-order chi connectivity index (χ0) is 15.1. The fourth-order valence-electron chi connectivity index (χ4n) is 2.20. The quantitative estimate of drug-likeness (QED) is 0.875. The topological polar surface area (TPSA) is 45.0 Å². The second-order valence-electron chi connectivity index (χ2n) is 4.95. The van der Waals surface area contributed by atoms with Crippen LogP contribution < -0.4 is 10.1 Å². The minimum atomic E-state index is 0.306. The Balaban J connectivity index is 2.03. The van der Waals surface area contributed by atoms with Gasteiger partial charge in [-0.1, -0.05) is 31.2 Å². The molecule has 21 heavy (non-hydrogen) atoms. The fraction of sp³-hybridized carbons (Fsp3) is 0.278. The lowest BCUT2D eigenvalue weighted by molar-refractivity contribution is 0.305. The first kappa shape index (κ1) is 15.1. The van der Waals surface area contributed by atoms with E-state index in [4.69, 9.17) is 10.00 Å². The minimum absolute atomic E-state index is 0.306. The third-order valence-corrected chi connectivity index (χ3v) is 3.33. The van der Waals surface area contributed by atoms with Crippen molar-refractivity contribution >= 4 is 0 Å². The van der Waals surface area contributed by atoms with Gasteiger partial charge in [0.2, 0.25) is 0 Å². The second kappa shape index (κ2) is 7.47. The molecule has 0 saturated heterocycles. The summed E-state index contributed by atoms with van der Waals surface area (Å²) in [5, 5.41) is 12.3. The molecule has 2 aromatic rings. The number of rotatable bonds is 6. The van der Waals surface area contributed by atoms with Crippen molar-refractivity contribution < 1.29 is 4.74 Å². The molecule has 0 aliphatic heterocycles. The van der Waals surface area contributed by atoms with Gasteiger partial charge in [0.05, 0.1) is 11.6 Å². The SMILES string of the molecule is CCNC(C)c1cccc(OCc2cccc(C#N)c2)c1. The smallest absolute Gasteiger partial charge is 0.120 e. The highest BCUT2D eigenvalue weighted by Gasteiger charge is 2.05. The van der Waals surface area contributed by atoms with Gasteiger partial charge >= 0.3 is 0 Å². The van der Waals surface area contributed by atoms with Gasteiger partial charge in [0.1, 0.15) is 12.4 Å². The summed E-state index contributed by atoms with van der Waals surface area (Å²) in [4.78, 5) is 0. The summed E-state index contributed by atoms with van der Waals surface area (Å²) in [6.45, 7) is 5.64. The van der Waals surface area contributed by atoms with E-state index in [0.29, 0.717) is 18.2 Å². The van der Waals surface area contributed by atoms with Gasteiger partial charge in [0, 0.05) is 6.04 Å². The second-order valence-corrected chi connectivity index (χ2v) is 4.95. The van der Waals surface area contributed by atoms with Gasteiger partial charge in [-0.3, -0.25) is 0 Å². The van der Waals surface area contributed by atoms with Crippen LogP contribution in [-0.2, 0) is 6.61 Å². The Bertz CT molecular complexity index is 631. The summed E-state index contributed by atoms with van der Waals surface area (Å²) in [6.07, 6.45) is 0. The molecule has 1 N–H and O–H groups in total. The lowest BCUT2D eigenvalue weighted by Crippen LogP contribution is -2.17. The number of ether oxygens (including phenoxy) is 1. The van der Waals surface area contributed by atoms with Crippen LogP contribution in [0.5, 0.6) is 5.75 Å². The number of nitriles is 1. The Morgan fingerprint density at radius 1 is 1.19 bits per heavy atom. The van der Waals surface area contributed by atoms with Crippen LogP contribution in [0, 0.1) is 11.3 Å². The molecule has 2 rings (SSSR count). The van der Waals surface area contributed by atoms with Crippen molar-refractivity contribution in [3.8, 4) is 11.8 Å². The average molecular weight is 280 g/mol. The van der Waals surface area contributed by atoms with Crippen LogP contribution in [0.15, 0.2) is 48.5 Å². The molecule has 3 nitrogen and oxygen atoms in total. The number of hydrogen-bond acceptors (Lipinski definition) is 3. The fourth-order valence-corrected chi connectivity index (χ4v) is 2.20. The van der Waals surface area contributed by atoms with Crippen molar-refractivity contribution in [2.45, 2.75) is 26.5 Å². The molecule has 0 spiro atoms. The largest absolute Gasteiger partial charge is 0.489 e. The lowest BCUT2D eigenvalue weighted by atomic mass is 10.1. The maximum atomic E-state index is 8.90. The van der Waals surface area contributed by atoms with Crippen molar-refractivity contribution in [1.82, 2.24) is 5.32 Å². The maximum absolute atomic E-state index is 8.90. The molecule has 2 aromatic carbocycles. The van der Waals surface area contributed by atoms with Gasteiger partial charge < -0.3 is 10.1 Å².